The first-order chi connectivity index (χ1) is 10.3. The maximum absolute atomic E-state index is 12.1. The summed E-state index contributed by atoms with van der Waals surface area (Å²) in [5, 5.41) is 0. The van der Waals surface area contributed by atoms with Crippen LogP contribution in [0.3, 0.4) is 0 Å². The number of nitrogens with zero attached hydrogens (tertiary/aromatic N) is 2. The van der Waals surface area contributed by atoms with Crippen LogP contribution in [0.4, 0.5) is 0 Å². The molecule has 0 saturated carbocycles. The molecule has 0 amide bonds. The summed E-state index contributed by atoms with van der Waals surface area (Å²) < 4.78 is 0.996. The molecule has 0 aliphatic rings. The summed E-state index contributed by atoms with van der Waals surface area (Å²) in [7, 11) is 0. The molecule has 2 aromatic heterocycles. The average molecular weight is 280 g/mol. The Morgan fingerprint density at radius 2 is 1.90 bits per heavy atom. The van der Waals surface area contributed by atoms with Crippen molar-refractivity contribution >= 4 is 23.4 Å². The van der Waals surface area contributed by atoms with Gasteiger partial charge in [-0.2, -0.15) is 0 Å². The van der Waals surface area contributed by atoms with E-state index in [-0.39, 0.29) is 11.2 Å². The number of imidazole rings is 1. The van der Waals surface area contributed by atoms with Crippen molar-refractivity contribution in [3.05, 3.63) is 75.2 Å². The van der Waals surface area contributed by atoms with Crippen molar-refractivity contribution in [2.24, 2.45) is 0 Å². The van der Waals surface area contributed by atoms with Gasteiger partial charge in [-0.1, -0.05) is 42.5 Å². The minimum Gasteiger partial charge on any atom is -0.339 e. The van der Waals surface area contributed by atoms with Gasteiger partial charge in [-0.3, -0.25) is 9.78 Å². The normalized spacial score (nSPS) is 11.8. The molecular weight excluding hydrogens is 268 g/mol. The number of hydrogen-bond donors (Lipinski definition) is 2. The van der Waals surface area contributed by atoms with Gasteiger partial charge >= 0.3 is 5.69 Å². The van der Waals surface area contributed by atoms with Gasteiger partial charge in [0, 0.05) is 6.20 Å². The molecule has 0 aliphatic heterocycles. The molecule has 0 atom stereocenters. The summed E-state index contributed by atoms with van der Waals surface area (Å²) in [6.45, 7) is 0. The van der Waals surface area contributed by atoms with Crippen LogP contribution in [0.2, 0.25) is 0 Å². The molecule has 21 heavy (non-hydrogen) atoms. The fourth-order valence-corrected chi connectivity index (χ4v) is 1.93. The monoisotopic (exact) mass is 280 g/mol. The molecule has 1 aromatic carbocycles. The van der Waals surface area contributed by atoms with E-state index >= 15 is 0 Å². The molecule has 0 bridgehead atoms. The molecule has 2 heterocycles. The van der Waals surface area contributed by atoms with Crippen LogP contribution in [-0.4, -0.2) is 19.5 Å². The van der Waals surface area contributed by atoms with Gasteiger partial charge < -0.3 is 4.98 Å². The lowest BCUT2D eigenvalue weighted by molar-refractivity contribution is 0.944. The minimum atomic E-state index is -0.524. The Labute approximate surface area is 119 Å². The molecule has 0 fully saturated rings. The maximum atomic E-state index is 12.1. The fourth-order valence-electron chi connectivity index (χ4n) is 1.93. The van der Waals surface area contributed by atoms with Crippen molar-refractivity contribution in [2.75, 3.05) is 0 Å². The van der Waals surface area contributed by atoms with Crippen molar-refractivity contribution in [1.29, 1.82) is 0 Å². The molecular formula is C15H12N4O2. The third-order valence-corrected chi connectivity index (χ3v) is 2.95. The molecule has 0 unspecified atom stereocenters. The lowest BCUT2D eigenvalue weighted by Crippen LogP contribution is -2.31. The van der Waals surface area contributed by atoms with Gasteiger partial charge in [0.05, 0.1) is 6.33 Å². The van der Waals surface area contributed by atoms with Gasteiger partial charge in [0.2, 0.25) is 0 Å². The van der Waals surface area contributed by atoms with E-state index in [0.29, 0.717) is 0 Å². The van der Waals surface area contributed by atoms with E-state index in [9.17, 15) is 9.59 Å². The summed E-state index contributed by atoms with van der Waals surface area (Å²) >= 11 is 0. The number of benzene rings is 1. The highest BCUT2D eigenvalue weighted by Crippen LogP contribution is 2.01. The van der Waals surface area contributed by atoms with E-state index in [1.807, 2.05) is 36.4 Å². The minimum absolute atomic E-state index is 0.259. The number of allylic oxidation sites excluding steroid dienone is 2. The van der Waals surface area contributed by atoms with Gasteiger partial charge in [-0.15, -0.1) is 0 Å². The highest BCUT2D eigenvalue weighted by molar-refractivity contribution is 5.68. The van der Waals surface area contributed by atoms with Crippen LogP contribution in [0.25, 0.3) is 23.4 Å². The summed E-state index contributed by atoms with van der Waals surface area (Å²) in [5.74, 6) is 0. The lowest BCUT2D eigenvalue weighted by Gasteiger charge is -1.96. The average Bonchev–Trinajstić information content (AvgIpc) is 2.96. The van der Waals surface area contributed by atoms with Crippen LogP contribution >= 0.6 is 0 Å². The van der Waals surface area contributed by atoms with Crippen LogP contribution in [0.1, 0.15) is 5.56 Å². The first kappa shape index (κ1) is 12.9. The Hall–Kier alpha value is -3.15. The first-order valence-electron chi connectivity index (χ1n) is 6.33. The molecule has 0 radical (unpaired) electrons. The lowest BCUT2D eigenvalue weighted by atomic mass is 10.2. The molecule has 2 N–H and O–H groups in total. The van der Waals surface area contributed by atoms with Crippen LogP contribution in [0, 0.1) is 0 Å². The zero-order valence-electron chi connectivity index (χ0n) is 11.0. The van der Waals surface area contributed by atoms with Crippen molar-refractivity contribution in [3.8, 4) is 0 Å². The molecule has 0 saturated heterocycles. The summed E-state index contributed by atoms with van der Waals surface area (Å²) in [6, 6.07) is 9.72. The third-order valence-electron chi connectivity index (χ3n) is 2.95. The van der Waals surface area contributed by atoms with Crippen molar-refractivity contribution in [2.45, 2.75) is 0 Å². The van der Waals surface area contributed by atoms with Crippen LogP contribution < -0.4 is 11.2 Å². The van der Waals surface area contributed by atoms with E-state index in [4.69, 9.17) is 0 Å². The predicted molar refractivity (Wildman–Crippen MR) is 81.8 cm³/mol. The third kappa shape index (κ3) is 2.59. The summed E-state index contributed by atoms with van der Waals surface area (Å²) in [5.41, 5.74) is 0.604. The smallest absolute Gasteiger partial charge is 0.334 e. The first-order valence-corrected chi connectivity index (χ1v) is 6.33. The molecule has 6 nitrogen and oxygen atoms in total. The van der Waals surface area contributed by atoms with Gasteiger partial charge in [-0.25, -0.2) is 14.3 Å². The molecule has 3 aromatic rings. The number of rotatable bonds is 3. The Balaban J connectivity index is 1.91. The van der Waals surface area contributed by atoms with Crippen LogP contribution in [0.5, 0.6) is 0 Å². The van der Waals surface area contributed by atoms with Gasteiger partial charge in [0.15, 0.2) is 5.65 Å². The fraction of sp³-hybridized carbons (Fsp3) is 0. The number of fused-ring (bicyclic) bond motifs is 1. The number of aromatic amines is 2. The standard InChI is InChI=1S/C15H12N4O2/c20-14-12-13(17-10-16-12)18-15(21)19(14)9-5-4-8-11-6-2-1-3-7-11/h1-10H,(H,16,17)(H,18,21). The Morgan fingerprint density at radius 1 is 1.10 bits per heavy atom. The van der Waals surface area contributed by atoms with Crippen LogP contribution in [0.15, 0.2) is 58.4 Å². The Morgan fingerprint density at radius 3 is 2.71 bits per heavy atom. The second kappa shape index (κ2) is 5.46. The zero-order chi connectivity index (χ0) is 14.7. The number of H-pyrrole nitrogens is 2. The highest BCUT2D eigenvalue weighted by Gasteiger charge is 2.06. The zero-order valence-corrected chi connectivity index (χ0v) is 11.0. The Bertz CT molecular complexity index is 929. The quantitative estimate of drug-likeness (QED) is 0.715. The van der Waals surface area contributed by atoms with E-state index in [1.165, 1.54) is 12.5 Å². The Kier molecular flexibility index (Phi) is 3.34. The number of aromatic nitrogens is 4. The second-order valence-electron chi connectivity index (χ2n) is 4.34. The number of hydrogen-bond acceptors (Lipinski definition) is 3. The maximum Gasteiger partial charge on any atom is 0.334 e. The van der Waals surface area contributed by atoms with Crippen molar-refractivity contribution in [1.82, 2.24) is 19.5 Å². The summed E-state index contributed by atoms with van der Waals surface area (Å²) in [4.78, 5) is 33.0. The van der Waals surface area contributed by atoms with Gasteiger partial charge in [-0.05, 0) is 11.6 Å². The van der Waals surface area contributed by atoms with E-state index < -0.39 is 11.2 Å². The second-order valence-corrected chi connectivity index (χ2v) is 4.34. The largest absolute Gasteiger partial charge is 0.339 e. The van der Waals surface area contributed by atoms with E-state index in [1.54, 1.807) is 12.2 Å². The molecule has 104 valence electrons. The van der Waals surface area contributed by atoms with Crippen LogP contribution in [-0.2, 0) is 0 Å². The van der Waals surface area contributed by atoms with Crippen molar-refractivity contribution in [3.63, 3.8) is 0 Å². The van der Waals surface area contributed by atoms with Crippen molar-refractivity contribution < 1.29 is 0 Å². The predicted octanol–water partition coefficient (Wildman–Crippen LogP) is 1.60. The SMILES string of the molecule is O=c1[nH]c2nc[nH]c2c(=O)n1C=CC=Cc1ccccc1. The van der Waals surface area contributed by atoms with E-state index in [2.05, 4.69) is 15.0 Å². The highest BCUT2D eigenvalue weighted by atomic mass is 16.2. The summed E-state index contributed by atoms with van der Waals surface area (Å²) in [6.07, 6.45) is 8.06. The molecule has 0 spiro atoms. The molecule has 3 rings (SSSR count). The number of nitrogens with one attached hydrogen (secondary N) is 2. The molecule has 0 aliphatic carbocycles. The van der Waals surface area contributed by atoms with Gasteiger partial charge in [0.1, 0.15) is 5.52 Å². The topological polar surface area (TPSA) is 83.5 Å². The van der Waals surface area contributed by atoms with E-state index in [0.717, 1.165) is 10.1 Å². The molecule has 6 heteroatoms. The van der Waals surface area contributed by atoms with Gasteiger partial charge in [0.25, 0.3) is 5.56 Å².